The van der Waals surface area contributed by atoms with Crippen molar-refractivity contribution in [3.05, 3.63) is 0 Å². The van der Waals surface area contributed by atoms with Gasteiger partial charge >= 0.3 is 0 Å². The van der Waals surface area contributed by atoms with Crippen LogP contribution >= 0.6 is 0 Å². The Bertz CT molecular complexity index is 522. The minimum absolute atomic E-state index is 0.101. The Morgan fingerprint density at radius 2 is 1.78 bits per heavy atom. The van der Waals surface area contributed by atoms with E-state index in [2.05, 4.69) is 12.2 Å². The van der Waals surface area contributed by atoms with E-state index in [1.54, 1.807) is 0 Å². The van der Waals surface area contributed by atoms with Crippen molar-refractivity contribution in [2.24, 2.45) is 5.92 Å². The van der Waals surface area contributed by atoms with E-state index in [9.17, 15) is 35.4 Å². The average molecular weight is 466 g/mol. The van der Waals surface area contributed by atoms with Crippen LogP contribution < -0.4 is 5.32 Å². The molecule has 1 fully saturated rings. The molecule has 0 radical (unpaired) electrons. The summed E-state index contributed by atoms with van der Waals surface area (Å²) in [6.45, 7) is 5.19. The highest BCUT2D eigenvalue weighted by molar-refractivity contribution is 5.76. The lowest BCUT2D eigenvalue weighted by Gasteiger charge is -2.40. The summed E-state index contributed by atoms with van der Waals surface area (Å²) in [5.74, 6) is -0.240. The van der Waals surface area contributed by atoms with Gasteiger partial charge in [0.25, 0.3) is 0 Å². The summed E-state index contributed by atoms with van der Waals surface area (Å²) < 4.78 is 10.9. The minimum Gasteiger partial charge on any atom is -0.394 e. The number of amides is 1. The quantitative estimate of drug-likeness (QED) is 0.156. The van der Waals surface area contributed by atoms with E-state index in [0.29, 0.717) is 12.8 Å². The molecule has 1 heterocycles. The third-order valence-corrected chi connectivity index (χ3v) is 6.00. The molecule has 7 N–H and O–H groups in total. The molecule has 1 rings (SSSR count). The standard InChI is InChI=1S/C22H43NO9/c1-4-6-7-8-14(25)10-18(27)23-15(16(26)9-13(3)5-2)12-31-22-21(30)20(29)19(28)17(11-24)32-22/h13-17,19-22,24-26,28-30H,4-12H2,1-3H3,(H,23,27)/t13?,14-,15?,16-,17?,19+,20+,21?,22+/m1/s1. The number of carbonyl (C=O) groups excluding carboxylic acids is 1. The molecule has 190 valence electrons. The molecular formula is C22H43NO9. The van der Waals surface area contributed by atoms with Crippen LogP contribution in [0.1, 0.15) is 65.7 Å². The SMILES string of the molecule is CCCCC[C@@H](O)CC(=O)NC(CO[C@H]1OC(CO)[C@H](O)[C@H](O)C1O)[C@H](O)CC(C)CC. The van der Waals surface area contributed by atoms with Crippen LogP contribution in [0.25, 0.3) is 0 Å². The predicted octanol–water partition coefficient (Wildman–Crippen LogP) is -0.584. The number of ether oxygens (including phenoxy) is 2. The van der Waals surface area contributed by atoms with Gasteiger partial charge in [0.05, 0.1) is 37.9 Å². The summed E-state index contributed by atoms with van der Waals surface area (Å²) in [6.07, 6.45) is -4.40. The van der Waals surface area contributed by atoms with Crippen LogP contribution in [0.4, 0.5) is 0 Å². The molecule has 1 aliphatic heterocycles. The fourth-order valence-corrected chi connectivity index (χ4v) is 3.61. The van der Waals surface area contributed by atoms with Gasteiger partial charge in [0, 0.05) is 0 Å². The fourth-order valence-electron chi connectivity index (χ4n) is 3.61. The molecule has 10 nitrogen and oxygen atoms in total. The van der Waals surface area contributed by atoms with E-state index in [4.69, 9.17) is 9.47 Å². The zero-order valence-electron chi connectivity index (χ0n) is 19.5. The Labute approximate surface area is 190 Å². The van der Waals surface area contributed by atoms with Gasteiger partial charge in [0.15, 0.2) is 6.29 Å². The number of aliphatic hydroxyl groups excluding tert-OH is 6. The smallest absolute Gasteiger partial charge is 0.222 e. The summed E-state index contributed by atoms with van der Waals surface area (Å²) in [4.78, 5) is 12.4. The van der Waals surface area contributed by atoms with Crippen molar-refractivity contribution >= 4 is 5.91 Å². The minimum atomic E-state index is -1.58. The zero-order valence-corrected chi connectivity index (χ0v) is 19.5. The van der Waals surface area contributed by atoms with Crippen LogP contribution in [0.3, 0.4) is 0 Å². The molecule has 9 atom stereocenters. The maximum absolute atomic E-state index is 12.4. The zero-order chi connectivity index (χ0) is 24.3. The Morgan fingerprint density at radius 3 is 2.38 bits per heavy atom. The first kappa shape index (κ1) is 29.2. The molecule has 0 aromatic heterocycles. The second-order valence-electron chi connectivity index (χ2n) is 8.87. The third-order valence-electron chi connectivity index (χ3n) is 6.00. The molecule has 0 bridgehead atoms. The van der Waals surface area contributed by atoms with Crippen LogP contribution in [0.15, 0.2) is 0 Å². The van der Waals surface area contributed by atoms with E-state index in [1.165, 1.54) is 0 Å². The normalized spacial score (nSPS) is 29.8. The van der Waals surface area contributed by atoms with E-state index in [1.807, 2.05) is 13.8 Å². The molecule has 0 spiro atoms. The van der Waals surface area contributed by atoms with Crippen molar-refractivity contribution in [2.45, 2.75) is 115 Å². The second-order valence-corrected chi connectivity index (χ2v) is 8.87. The highest BCUT2D eigenvalue weighted by atomic mass is 16.7. The van der Waals surface area contributed by atoms with E-state index >= 15 is 0 Å². The molecule has 0 saturated carbocycles. The van der Waals surface area contributed by atoms with E-state index < -0.39 is 61.5 Å². The first-order valence-electron chi connectivity index (χ1n) is 11.7. The molecule has 1 aliphatic rings. The van der Waals surface area contributed by atoms with E-state index in [0.717, 1.165) is 25.7 Å². The van der Waals surface area contributed by atoms with Gasteiger partial charge in [-0.2, -0.15) is 0 Å². The van der Waals surface area contributed by atoms with Gasteiger partial charge in [0.2, 0.25) is 5.91 Å². The van der Waals surface area contributed by atoms with E-state index in [-0.39, 0.29) is 18.9 Å². The van der Waals surface area contributed by atoms with Gasteiger partial charge in [-0.3, -0.25) is 4.79 Å². The van der Waals surface area contributed by atoms with Crippen LogP contribution in [-0.2, 0) is 14.3 Å². The lowest BCUT2D eigenvalue weighted by Crippen LogP contribution is -2.60. The maximum atomic E-state index is 12.4. The molecular weight excluding hydrogens is 422 g/mol. The summed E-state index contributed by atoms with van der Waals surface area (Å²) in [5, 5.41) is 62.7. The number of hydrogen-bond donors (Lipinski definition) is 7. The van der Waals surface area contributed by atoms with Crippen LogP contribution in [0.2, 0.25) is 0 Å². The first-order chi connectivity index (χ1) is 15.1. The summed E-state index contributed by atoms with van der Waals surface area (Å²) >= 11 is 0. The topological polar surface area (TPSA) is 169 Å². The molecule has 1 amide bonds. The summed E-state index contributed by atoms with van der Waals surface area (Å²) in [7, 11) is 0. The highest BCUT2D eigenvalue weighted by Crippen LogP contribution is 2.23. The second kappa shape index (κ2) is 15.1. The number of nitrogens with one attached hydrogen (secondary N) is 1. The van der Waals surface area contributed by atoms with Crippen molar-refractivity contribution in [1.82, 2.24) is 5.32 Å². The Morgan fingerprint density at radius 1 is 1.09 bits per heavy atom. The number of unbranched alkanes of at least 4 members (excludes halogenated alkanes) is 2. The highest BCUT2D eigenvalue weighted by Gasteiger charge is 2.44. The monoisotopic (exact) mass is 465 g/mol. The number of carbonyl (C=O) groups is 1. The third kappa shape index (κ3) is 9.56. The van der Waals surface area contributed by atoms with Gasteiger partial charge in [-0.15, -0.1) is 0 Å². The maximum Gasteiger partial charge on any atom is 0.222 e. The van der Waals surface area contributed by atoms with Gasteiger partial charge in [0.1, 0.15) is 24.4 Å². The van der Waals surface area contributed by atoms with Gasteiger partial charge < -0.3 is 45.4 Å². The lowest BCUT2D eigenvalue weighted by molar-refractivity contribution is -0.302. The van der Waals surface area contributed by atoms with Crippen molar-refractivity contribution in [1.29, 1.82) is 0 Å². The number of rotatable bonds is 15. The van der Waals surface area contributed by atoms with Gasteiger partial charge in [-0.1, -0.05) is 46.5 Å². The number of aliphatic hydroxyl groups is 6. The fraction of sp³-hybridized carbons (Fsp3) is 0.955. The predicted molar refractivity (Wildman–Crippen MR) is 116 cm³/mol. The average Bonchev–Trinajstić information content (AvgIpc) is 2.75. The summed E-state index contributed by atoms with van der Waals surface area (Å²) in [5.41, 5.74) is 0. The molecule has 0 aliphatic carbocycles. The van der Waals surface area contributed by atoms with Crippen molar-refractivity contribution in [3.8, 4) is 0 Å². The van der Waals surface area contributed by atoms with Crippen LogP contribution in [0, 0.1) is 5.92 Å². The van der Waals surface area contributed by atoms with Crippen molar-refractivity contribution in [3.63, 3.8) is 0 Å². The lowest BCUT2D eigenvalue weighted by atomic mass is 9.96. The Kier molecular flexibility index (Phi) is 13.8. The molecule has 4 unspecified atom stereocenters. The molecule has 0 aromatic carbocycles. The summed E-state index contributed by atoms with van der Waals surface area (Å²) in [6, 6.07) is -0.841. The van der Waals surface area contributed by atoms with Crippen LogP contribution in [-0.4, -0.2) is 98.7 Å². The van der Waals surface area contributed by atoms with Gasteiger partial charge in [-0.25, -0.2) is 0 Å². The van der Waals surface area contributed by atoms with Crippen molar-refractivity contribution in [2.75, 3.05) is 13.2 Å². The Balaban J connectivity index is 2.74. The number of hydrogen-bond acceptors (Lipinski definition) is 9. The van der Waals surface area contributed by atoms with Crippen LogP contribution in [0.5, 0.6) is 0 Å². The molecule has 10 heteroatoms. The largest absolute Gasteiger partial charge is 0.394 e. The first-order valence-corrected chi connectivity index (χ1v) is 11.7. The Hall–Kier alpha value is -0.850. The molecule has 32 heavy (non-hydrogen) atoms. The van der Waals surface area contributed by atoms with Crippen molar-refractivity contribution < 1.29 is 44.9 Å². The molecule has 0 aromatic rings. The molecule has 1 saturated heterocycles. The van der Waals surface area contributed by atoms with Gasteiger partial charge in [-0.05, 0) is 18.8 Å².